The van der Waals surface area contributed by atoms with E-state index < -0.39 is 0 Å². The molecular formula is C13H15ClN2S. The van der Waals surface area contributed by atoms with Crippen LogP contribution in [0.15, 0.2) is 29.6 Å². The second kappa shape index (κ2) is 6.03. The summed E-state index contributed by atoms with van der Waals surface area (Å²) >= 11 is 7.39. The molecule has 2 rings (SSSR count). The van der Waals surface area contributed by atoms with Crippen molar-refractivity contribution in [1.82, 2.24) is 4.98 Å². The second-order valence-electron chi connectivity index (χ2n) is 3.87. The molecule has 0 spiro atoms. The van der Waals surface area contributed by atoms with E-state index in [9.17, 15) is 0 Å². The maximum atomic E-state index is 5.70. The van der Waals surface area contributed by atoms with E-state index in [0.29, 0.717) is 5.88 Å². The van der Waals surface area contributed by atoms with Gasteiger partial charge in [-0.15, -0.1) is 22.9 Å². The monoisotopic (exact) mass is 266 g/mol. The van der Waals surface area contributed by atoms with Crippen LogP contribution >= 0.6 is 22.9 Å². The van der Waals surface area contributed by atoms with Gasteiger partial charge in [-0.2, -0.15) is 0 Å². The summed E-state index contributed by atoms with van der Waals surface area (Å²) in [6.07, 6.45) is 0.924. The van der Waals surface area contributed by atoms with Gasteiger partial charge in [-0.25, -0.2) is 4.98 Å². The SMILES string of the molecule is Cc1csc(CNc2ccc(CCCl)cc2)n1. The van der Waals surface area contributed by atoms with Crippen molar-refractivity contribution in [3.8, 4) is 0 Å². The van der Waals surface area contributed by atoms with Gasteiger partial charge in [-0.05, 0) is 31.0 Å². The lowest BCUT2D eigenvalue weighted by atomic mass is 10.1. The lowest BCUT2D eigenvalue weighted by molar-refractivity contribution is 1.07. The zero-order chi connectivity index (χ0) is 12.1. The molecule has 2 aromatic rings. The number of rotatable bonds is 5. The zero-order valence-electron chi connectivity index (χ0n) is 9.74. The van der Waals surface area contributed by atoms with Crippen molar-refractivity contribution >= 4 is 28.6 Å². The molecule has 0 aliphatic carbocycles. The molecule has 17 heavy (non-hydrogen) atoms. The molecule has 0 bridgehead atoms. The summed E-state index contributed by atoms with van der Waals surface area (Å²) in [7, 11) is 0. The molecule has 0 fully saturated rings. The minimum atomic E-state index is 0.672. The van der Waals surface area contributed by atoms with Crippen LogP contribution in [0.25, 0.3) is 0 Å². The van der Waals surface area contributed by atoms with Gasteiger partial charge in [-0.3, -0.25) is 0 Å². The Morgan fingerprint density at radius 3 is 2.65 bits per heavy atom. The average Bonchev–Trinajstić information content (AvgIpc) is 2.75. The molecule has 0 radical (unpaired) electrons. The third-order valence-corrected chi connectivity index (χ3v) is 3.60. The molecule has 1 aromatic heterocycles. The van der Waals surface area contributed by atoms with E-state index in [1.807, 2.05) is 6.92 Å². The van der Waals surface area contributed by atoms with E-state index in [1.165, 1.54) is 5.56 Å². The highest BCUT2D eigenvalue weighted by atomic mass is 35.5. The van der Waals surface area contributed by atoms with Crippen LogP contribution in [0, 0.1) is 6.92 Å². The fourth-order valence-corrected chi connectivity index (χ4v) is 2.49. The van der Waals surface area contributed by atoms with Crippen LogP contribution in [0.2, 0.25) is 0 Å². The van der Waals surface area contributed by atoms with Crippen molar-refractivity contribution in [3.63, 3.8) is 0 Å². The molecule has 1 aromatic carbocycles. The van der Waals surface area contributed by atoms with Gasteiger partial charge in [0.25, 0.3) is 0 Å². The lowest BCUT2D eigenvalue weighted by Crippen LogP contribution is -1.99. The van der Waals surface area contributed by atoms with Crippen LogP contribution in [0.5, 0.6) is 0 Å². The number of hydrogen-bond donors (Lipinski definition) is 1. The van der Waals surface area contributed by atoms with Crippen molar-refractivity contribution in [2.24, 2.45) is 0 Å². The Kier molecular flexibility index (Phi) is 4.40. The Hall–Kier alpha value is -1.06. The molecule has 0 atom stereocenters. The first-order chi connectivity index (χ1) is 8.28. The summed E-state index contributed by atoms with van der Waals surface area (Å²) in [5.41, 5.74) is 3.48. The summed E-state index contributed by atoms with van der Waals surface area (Å²) < 4.78 is 0. The molecule has 0 unspecified atom stereocenters. The van der Waals surface area contributed by atoms with Gasteiger partial charge in [0, 0.05) is 22.6 Å². The van der Waals surface area contributed by atoms with E-state index in [0.717, 1.165) is 29.4 Å². The number of benzene rings is 1. The van der Waals surface area contributed by atoms with Crippen LogP contribution in [0.4, 0.5) is 5.69 Å². The quantitative estimate of drug-likeness (QED) is 0.832. The number of aromatic nitrogens is 1. The third kappa shape index (κ3) is 3.72. The van der Waals surface area contributed by atoms with Crippen molar-refractivity contribution in [2.45, 2.75) is 19.9 Å². The van der Waals surface area contributed by atoms with Gasteiger partial charge >= 0.3 is 0 Å². The van der Waals surface area contributed by atoms with E-state index in [4.69, 9.17) is 11.6 Å². The van der Waals surface area contributed by atoms with E-state index in [1.54, 1.807) is 11.3 Å². The molecular weight excluding hydrogens is 252 g/mol. The number of aryl methyl sites for hydroxylation is 2. The van der Waals surface area contributed by atoms with Gasteiger partial charge in [0.05, 0.1) is 6.54 Å². The highest BCUT2D eigenvalue weighted by Crippen LogP contribution is 2.14. The zero-order valence-corrected chi connectivity index (χ0v) is 11.3. The third-order valence-electron chi connectivity index (χ3n) is 2.45. The predicted molar refractivity (Wildman–Crippen MR) is 75.0 cm³/mol. The van der Waals surface area contributed by atoms with E-state index in [2.05, 4.69) is 39.9 Å². The van der Waals surface area contributed by atoms with Crippen LogP contribution in [0.1, 0.15) is 16.3 Å². The van der Waals surface area contributed by atoms with Crippen molar-refractivity contribution in [2.75, 3.05) is 11.2 Å². The number of thiazole rings is 1. The normalized spacial score (nSPS) is 10.5. The predicted octanol–water partition coefficient (Wildman–Crippen LogP) is 3.84. The topological polar surface area (TPSA) is 24.9 Å². The Labute approximate surface area is 111 Å². The van der Waals surface area contributed by atoms with Crippen LogP contribution < -0.4 is 5.32 Å². The van der Waals surface area contributed by atoms with E-state index >= 15 is 0 Å². The Morgan fingerprint density at radius 1 is 1.29 bits per heavy atom. The summed E-state index contributed by atoms with van der Waals surface area (Å²) in [5, 5.41) is 6.55. The second-order valence-corrected chi connectivity index (χ2v) is 5.19. The van der Waals surface area contributed by atoms with Gasteiger partial charge < -0.3 is 5.32 Å². The molecule has 4 heteroatoms. The van der Waals surface area contributed by atoms with Gasteiger partial charge in [-0.1, -0.05) is 12.1 Å². The number of nitrogens with zero attached hydrogens (tertiary/aromatic N) is 1. The summed E-state index contributed by atoms with van der Waals surface area (Å²) in [4.78, 5) is 4.41. The fraction of sp³-hybridized carbons (Fsp3) is 0.308. The molecule has 0 amide bonds. The molecule has 1 N–H and O–H groups in total. The molecule has 0 saturated carbocycles. The van der Waals surface area contributed by atoms with E-state index in [-0.39, 0.29) is 0 Å². The standard InChI is InChI=1S/C13H15ClN2S/c1-10-9-17-13(16-10)8-15-12-4-2-11(3-5-12)6-7-14/h2-5,9,15H,6-8H2,1H3. The average molecular weight is 267 g/mol. The molecule has 1 heterocycles. The maximum Gasteiger partial charge on any atom is 0.112 e. The van der Waals surface area contributed by atoms with Crippen molar-refractivity contribution in [1.29, 1.82) is 0 Å². The van der Waals surface area contributed by atoms with Crippen molar-refractivity contribution < 1.29 is 0 Å². The van der Waals surface area contributed by atoms with Crippen LogP contribution in [-0.2, 0) is 13.0 Å². The first-order valence-corrected chi connectivity index (χ1v) is 6.99. The fourth-order valence-electron chi connectivity index (χ4n) is 1.56. The number of nitrogens with one attached hydrogen (secondary N) is 1. The van der Waals surface area contributed by atoms with Gasteiger partial charge in [0.2, 0.25) is 0 Å². The molecule has 0 aliphatic heterocycles. The summed E-state index contributed by atoms with van der Waals surface area (Å²) in [6.45, 7) is 2.80. The van der Waals surface area contributed by atoms with Crippen LogP contribution in [0.3, 0.4) is 0 Å². The summed E-state index contributed by atoms with van der Waals surface area (Å²) in [6, 6.07) is 8.39. The highest BCUT2D eigenvalue weighted by Gasteiger charge is 1.98. The number of alkyl halides is 1. The van der Waals surface area contributed by atoms with Gasteiger partial charge in [0.15, 0.2) is 0 Å². The van der Waals surface area contributed by atoms with Crippen LogP contribution in [-0.4, -0.2) is 10.9 Å². The maximum absolute atomic E-state index is 5.70. The first-order valence-electron chi connectivity index (χ1n) is 5.58. The van der Waals surface area contributed by atoms with Crippen molar-refractivity contribution in [3.05, 3.63) is 45.9 Å². The molecule has 0 saturated heterocycles. The lowest BCUT2D eigenvalue weighted by Gasteiger charge is -2.05. The Morgan fingerprint density at radius 2 is 2.06 bits per heavy atom. The highest BCUT2D eigenvalue weighted by molar-refractivity contribution is 7.09. The minimum Gasteiger partial charge on any atom is -0.379 e. The first kappa shape index (κ1) is 12.4. The number of anilines is 1. The smallest absolute Gasteiger partial charge is 0.112 e. The minimum absolute atomic E-state index is 0.672. The molecule has 0 aliphatic rings. The summed E-state index contributed by atoms with van der Waals surface area (Å²) in [5.74, 6) is 0.672. The largest absolute Gasteiger partial charge is 0.379 e. The van der Waals surface area contributed by atoms with Gasteiger partial charge in [0.1, 0.15) is 5.01 Å². The Balaban J connectivity index is 1.90. The molecule has 90 valence electrons. The molecule has 2 nitrogen and oxygen atoms in total. The Bertz CT molecular complexity index is 465. The number of halogens is 1. The number of hydrogen-bond acceptors (Lipinski definition) is 3.